The lowest BCUT2D eigenvalue weighted by Crippen LogP contribution is -2.44. The highest BCUT2D eigenvalue weighted by molar-refractivity contribution is 7.10. The molecule has 5 nitrogen and oxygen atoms in total. The third kappa shape index (κ3) is 4.59. The number of rotatable bonds is 6. The summed E-state index contributed by atoms with van der Waals surface area (Å²) in [6, 6.07) is 4.28. The molecule has 2 aromatic heterocycles. The lowest BCUT2D eigenvalue weighted by atomic mass is 9.91. The zero-order valence-corrected chi connectivity index (χ0v) is 14.6. The summed E-state index contributed by atoms with van der Waals surface area (Å²) in [5.41, 5.74) is 1.27. The number of aryl methyl sites for hydroxylation is 1. The summed E-state index contributed by atoms with van der Waals surface area (Å²) < 4.78 is 1.94. The molecule has 0 amide bonds. The Morgan fingerprint density at radius 2 is 2.23 bits per heavy atom. The van der Waals surface area contributed by atoms with E-state index in [1.165, 1.54) is 10.4 Å². The van der Waals surface area contributed by atoms with Gasteiger partial charge in [0.15, 0.2) is 5.96 Å². The molecule has 0 bridgehead atoms. The van der Waals surface area contributed by atoms with Crippen LogP contribution < -0.4 is 10.6 Å². The molecule has 0 aliphatic rings. The van der Waals surface area contributed by atoms with Gasteiger partial charge in [-0.05, 0) is 23.9 Å². The lowest BCUT2D eigenvalue weighted by Gasteiger charge is -2.25. The first kappa shape index (κ1) is 16.5. The van der Waals surface area contributed by atoms with E-state index in [-0.39, 0.29) is 5.41 Å². The maximum atomic E-state index is 4.28. The summed E-state index contributed by atoms with van der Waals surface area (Å²) in [5.74, 6) is 0.827. The molecule has 0 aliphatic carbocycles. The Morgan fingerprint density at radius 3 is 2.82 bits per heavy atom. The summed E-state index contributed by atoms with van der Waals surface area (Å²) >= 11 is 1.79. The van der Waals surface area contributed by atoms with Crippen LogP contribution in [-0.4, -0.2) is 35.9 Å². The quantitative estimate of drug-likeness (QED) is 0.635. The van der Waals surface area contributed by atoms with Crippen LogP contribution in [0.1, 0.15) is 24.3 Å². The van der Waals surface area contributed by atoms with Gasteiger partial charge < -0.3 is 10.6 Å². The van der Waals surface area contributed by atoms with Gasteiger partial charge in [0.1, 0.15) is 0 Å². The minimum Gasteiger partial charge on any atom is -0.356 e. The summed E-state index contributed by atoms with van der Waals surface area (Å²) in [5, 5.41) is 13.1. The van der Waals surface area contributed by atoms with E-state index in [0.717, 1.165) is 25.6 Å². The van der Waals surface area contributed by atoms with E-state index in [1.54, 1.807) is 18.4 Å². The molecule has 0 spiro atoms. The highest BCUT2D eigenvalue weighted by Gasteiger charge is 2.21. The van der Waals surface area contributed by atoms with Gasteiger partial charge in [-0.2, -0.15) is 5.10 Å². The molecule has 2 aromatic rings. The molecular weight excluding hydrogens is 294 g/mol. The van der Waals surface area contributed by atoms with Crippen LogP contribution in [0.3, 0.4) is 0 Å². The lowest BCUT2D eigenvalue weighted by molar-refractivity contribution is 0.516. The number of aliphatic imine (C=N–C) groups is 1. The van der Waals surface area contributed by atoms with Crippen LogP contribution in [0.15, 0.2) is 34.9 Å². The molecule has 2 N–H and O–H groups in total. The van der Waals surface area contributed by atoms with E-state index < -0.39 is 0 Å². The number of aromatic nitrogens is 2. The number of nitrogens with one attached hydrogen (secondary N) is 2. The monoisotopic (exact) mass is 319 g/mol. The van der Waals surface area contributed by atoms with Gasteiger partial charge in [0.05, 0.1) is 12.7 Å². The molecule has 0 aliphatic heterocycles. The largest absolute Gasteiger partial charge is 0.356 e. The van der Waals surface area contributed by atoms with Crippen molar-refractivity contribution in [2.45, 2.75) is 32.7 Å². The molecule has 120 valence electrons. The first-order chi connectivity index (χ1) is 10.5. The predicted molar refractivity (Wildman–Crippen MR) is 93.7 cm³/mol. The van der Waals surface area contributed by atoms with Crippen molar-refractivity contribution in [3.05, 3.63) is 40.3 Å². The van der Waals surface area contributed by atoms with Gasteiger partial charge in [-0.1, -0.05) is 19.9 Å². The van der Waals surface area contributed by atoms with Crippen molar-refractivity contribution in [3.63, 3.8) is 0 Å². The minimum absolute atomic E-state index is 0.0882. The molecular formula is C16H25N5S. The van der Waals surface area contributed by atoms with Crippen LogP contribution in [0, 0.1) is 6.92 Å². The zero-order chi connectivity index (χ0) is 16.0. The normalized spacial score (nSPS) is 12.5. The van der Waals surface area contributed by atoms with Crippen LogP contribution in [0.4, 0.5) is 0 Å². The fourth-order valence-electron chi connectivity index (χ4n) is 2.15. The molecule has 0 atom stereocenters. The van der Waals surface area contributed by atoms with Crippen LogP contribution in [-0.2, 0) is 12.0 Å². The van der Waals surface area contributed by atoms with Gasteiger partial charge in [-0.25, -0.2) is 0 Å². The number of hydrogen-bond acceptors (Lipinski definition) is 3. The van der Waals surface area contributed by atoms with Crippen LogP contribution in [0.25, 0.3) is 0 Å². The SMILES string of the molecule is CN=C(NCCn1cc(C)cn1)NCC(C)(C)c1cccs1. The highest BCUT2D eigenvalue weighted by Crippen LogP contribution is 2.26. The van der Waals surface area contributed by atoms with Gasteiger partial charge in [-0.3, -0.25) is 9.67 Å². The number of hydrogen-bond donors (Lipinski definition) is 2. The molecule has 6 heteroatoms. The van der Waals surface area contributed by atoms with Crippen LogP contribution in [0.5, 0.6) is 0 Å². The maximum Gasteiger partial charge on any atom is 0.191 e. The standard InChI is InChI=1S/C16H25N5S/c1-13-10-20-21(11-13)8-7-18-15(17-4)19-12-16(2,3)14-6-5-9-22-14/h5-6,9-11H,7-8,12H2,1-4H3,(H2,17,18,19). The first-order valence-corrected chi connectivity index (χ1v) is 8.37. The molecule has 0 fully saturated rings. The summed E-state index contributed by atoms with van der Waals surface area (Å²) in [7, 11) is 1.80. The Hall–Kier alpha value is -1.82. The van der Waals surface area contributed by atoms with Crippen LogP contribution >= 0.6 is 11.3 Å². The van der Waals surface area contributed by atoms with E-state index in [0.29, 0.717) is 0 Å². The van der Waals surface area contributed by atoms with Gasteiger partial charge in [0, 0.05) is 36.6 Å². The van der Waals surface area contributed by atoms with Crippen molar-refractivity contribution in [1.29, 1.82) is 0 Å². The van der Waals surface area contributed by atoms with Gasteiger partial charge in [0.2, 0.25) is 0 Å². The third-order valence-corrected chi connectivity index (χ3v) is 4.74. The van der Waals surface area contributed by atoms with E-state index in [1.807, 2.05) is 24.0 Å². The van der Waals surface area contributed by atoms with Crippen molar-refractivity contribution in [1.82, 2.24) is 20.4 Å². The molecule has 0 aromatic carbocycles. The second kappa shape index (κ2) is 7.45. The summed E-state index contributed by atoms with van der Waals surface area (Å²) in [6.45, 7) is 8.98. The maximum absolute atomic E-state index is 4.28. The Morgan fingerprint density at radius 1 is 1.41 bits per heavy atom. The number of guanidine groups is 1. The first-order valence-electron chi connectivity index (χ1n) is 7.49. The second-order valence-electron chi connectivity index (χ2n) is 5.99. The third-order valence-electron chi connectivity index (χ3n) is 3.51. The Kier molecular flexibility index (Phi) is 5.60. The fourth-order valence-corrected chi connectivity index (χ4v) is 3.01. The van der Waals surface area contributed by atoms with E-state index in [9.17, 15) is 0 Å². The van der Waals surface area contributed by atoms with E-state index >= 15 is 0 Å². The smallest absolute Gasteiger partial charge is 0.191 e. The van der Waals surface area contributed by atoms with Gasteiger partial charge in [0.25, 0.3) is 0 Å². The predicted octanol–water partition coefficient (Wildman–Crippen LogP) is 2.40. The van der Waals surface area contributed by atoms with Gasteiger partial charge >= 0.3 is 0 Å². The average molecular weight is 319 g/mol. The fraction of sp³-hybridized carbons (Fsp3) is 0.500. The van der Waals surface area contributed by atoms with Crippen molar-refractivity contribution in [3.8, 4) is 0 Å². The molecule has 0 saturated carbocycles. The van der Waals surface area contributed by atoms with Crippen LogP contribution in [0.2, 0.25) is 0 Å². The Labute approximate surface area is 136 Å². The summed E-state index contributed by atoms with van der Waals surface area (Å²) in [4.78, 5) is 5.65. The topological polar surface area (TPSA) is 54.2 Å². The zero-order valence-electron chi connectivity index (χ0n) is 13.8. The number of nitrogens with zero attached hydrogens (tertiary/aromatic N) is 3. The Bertz CT molecular complexity index is 598. The molecule has 22 heavy (non-hydrogen) atoms. The molecule has 2 rings (SSSR count). The summed E-state index contributed by atoms with van der Waals surface area (Å²) in [6.07, 6.45) is 3.91. The molecule has 2 heterocycles. The van der Waals surface area contributed by atoms with E-state index in [2.05, 4.69) is 52.1 Å². The highest BCUT2D eigenvalue weighted by atomic mass is 32.1. The number of thiophene rings is 1. The van der Waals surface area contributed by atoms with Crippen molar-refractivity contribution < 1.29 is 0 Å². The molecule has 0 saturated heterocycles. The molecule has 0 radical (unpaired) electrons. The minimum atomic E-state index is 0.0882. The molecule has 0 unspecified atom stereocenters. The van der Waals surface area contributed by atoms with E-state index in [4.69, 9.17) is 0 Å². The van der Waals surface area contributed by atoms with Crippen molar-refractivity contribution >= 4 is 17.3 Å². The Balaban J connectivity index is 1.78. The van der Waals surface area contributed by atoms with Crippen molar-refractivity contribution in [2.75, 3.05) is 20.1 Å². The van der Waals surface area contributed by atoms with Gasteiger partial charge in [-0.15, -0.1) is 11.3 Å². The average Bonchev–Trinajstić information content (AvgIpc) is 3.14. The second-order valence-corrected chi connectivity index (χ2v) is 6.94. The van der Waals surface area contributed by atoms with Crippen molar-refractivity contribution in [2.24, 2.45) is 4.99 Å².